The Labute approximate surface area is 96.2 Å². The van der Waals surface area contributed by atoms with Gasteiger partial charge in [-0.1, -0.05) is 31.0 Å². The first-order valence-electron chi connectivity index (χ1n) is 4.96. The third-order valence-electron chi connectivity index (χ3n) is 2.19. The molecule has 4 heteroatoms. The zero-order chi connectivity index (χ0) is 11.5. The van der Waals surface area contributed by atoms with E-state index >= 15 is 0 Å². The summed E-state index contributed by atoms with van der Waals surface area (Å²) in [4.78, 5) is 0.253. The predicted molar refractivity (Wildman–Crippen MR) is 63.1 cm³/mol. The average molecular weight is 247 g/mol. The number of halogens is 1. The molecule has 2 nitrogen and oxygen atoms in total. The summed E-state index contributed by atoms with van der Waals surface area (Å²) in [5.41, 5.74) is 0.967. The van der Waals surface area contributed by atoms with Gasteiger partial charge in [0, 0.05) is 0 Å². The van der Waals surface area contributed by atoms with Gasteiger partial charge in [-0.2, -0.15) is 0 Å². The Bertz CT molecular complexity index is 438. The van der Waals surface area contributed by atoms with E-state index < -0.39 is 9.84 Å². The van der Waals surface area contributed by atoms with E-state index in [1.165, 1.54) is 0 Å². The SMILES string of the molecule is CCCCS(=O)(=O)c1ccc(C)cc1Cl. The molecule has 0 bridgehead atoms. The van der Waals surface area contributed by atoms with Gasteiger partial charge in [0.05, 0.1) is 15.7 Å². The van der Waals surface area contributed by atoms with Crippen molar-refractivity contribution in [1.82, 2.24) is 0 Å². The molecule has 0 heterocycles. The molecule has 1 aromatic carbocycles. The normalized spacial score (nSPS) is 11.7. The van der Waals surface area contributed by atoms with Crippen molar-refractivity contribution in [3.8, 4) is 0 Å². The van der Waals surface area contributed by atoms with Crippen molar-refractivity contribution in [2.24, 2.45) is 0 Å². The van der Waals surface area contributed by atoms with Crippen LogP contribution in [-0.2, 0) is 9.84 Å². The van der Waals surface area contributed by atoms with Crippen LogP contribution in [0.25, 0.3) is 0 Å². The van der Waals surface area contributed by atoms with Crippen LogP contribution in [0.2, 0.25) is 5.02 Å². The smallest absolute Gasteiger partial charge is 0.179 e. The number of rotatable bonds is 4. The second-order valence-electron chi connectivity index (χ2n) is 3.61. The topological polar surface area (TPSA) is 34.1 Å². The standard InChI is InChI=1S/C11H15ClO2S/c1-3-4-7-15(13,14)11-6-5-9(2)8-10(11)12/h5-6,8H,3-4,7H2,1-2H3. The number of hydrogen-bond donors (Lipinski definition) is 0. The molecule has 1 aromatic rings. The number of sulfone groups is 1. The van der Waals surface area contributed by atoms with Crippen LogP contribution >= 0.6 is 11.6 Å². The van der Waals surface area contributed by atoms with Crippen LogP contribution in [-0.4, -0.2) is 14.2 Å². The average Bonchev–Trinajstić information content (AvgIpc) is 2.14. The fourth-order valence-electron chi connectivity index (χ4n) is 1.30. The predicted octanol–water partition coefficient (Wildman–Crippen LogP) is 3.22. The van der Waals surface area contributed by atoms with Crippen LogP contribution in [0, 0.1) is 6.92 Å². The summed E-state index contributed by atoms with van der Waals surface area (Å²) in [7, 11) is -3.20. The summed E-state index contributed by atoms with van der Waals surface area (Å²) in [6.45, 7) is 3.85. The Hall–Kier alpha value is -0.540. The number of benzene rings is 1. The summed E-state index contributed by atoms with van der Waals surface area (Å²) < 4.78 is 23.7. The summed E-state index contributed by atoms with van der Waals surface area (Å²) in [5, 5.41) is 0.325. The summed E-state index contributed by atoms with van der Waals surface area (Å²) >= 11 is 5.91. The van der Waals surface area contributed by atoms with Gasteiger partial charge in [0.2, 0.25) is 0 Å². The zero-order valence-corrected chi connectivity index (χ0v) is 10.5. The number of hydrogen-bond acceptors (Lipinski definition) is 2. The molecule has 0 atom stereocenters. The van der Waals surface area contributed by atoms with E-state index in [9.17, 15) is 8.42 Å². The molecule has 0 aliphatic carbocycles. The maximum Gasteiger partial charge on any atom is 0.179 e. The second-order valence-corrected chi connectivity index (χ2v) is 6.09. The summed E-state index contributed by atoms with van der Waals surface area (Å²) in [6.07, 6.45) is 1.54. The molecule has 0 fully saturated rings. The minimum Gasteiger partial charge on any atom is -0.224 e. The van der Waals surface area contributed by atoms with Crippen LogP contribution in [0.15, 0.2) is 23.1 Å². The molecule has 0 aliphatic heterocycles. The van der Waals surface area contributed by atoms with Crippen molar-refractivity contribution in [1.29, 1.82) is 0 Å². The first kappa shape index (κ1) is 12.5. The Kier molecular flexibility index (Phi) is 4.17. The highest BCUT2D eigenvalue weighted by Gasteiger charge is 2.16. The van der Waals surface area contributed by atoms with Crippen LogP contribution in [0.4, 0.5) is 0 Å². The largest absolute Gasteiger partial charge is 0.224 e. The lowest BCUT2D eigenvalue weighted by molar-refractivity contribution is 0.592. The lowest BCUT2D eigenvalue weighted by Crippen LogP contribution is -2.07. The van der Waals surface area contributed by atoms with Gasteiger partial charge in [-0.05, 0) is 31.0 Å². The molecule has 84 valence electrons. The first-order chi connectivity index (χ1) is 6.97. The molecule has 0 aromatic heterocycles. The van der Waals surface area contributed by atoms with Crippen molar-refractivity contribution >= 4 is 21.4 Å². The molecule has 0 N–H and O–H groups in total. The first-order valence-corrected chi connectivity index (χ1v) is 6.99. The van der Waals surface area contributed by atoms with Crippen molar-refractivity contribution in [2.75, 3.05) is 5.75 Å². The van der Waals surface area contributed by atoms with Gasteiger partial charge in [0.25, 0.3) is 0 Å². The Morgan fingerprint density at radius 2 is 2.00 bits per heavy atom. The highest BCUT2D eigenvalue weighted by molar-refractivity contribution is 7.91. The van der Waals surface area contributed by atoms with Gasteiger partial charge in [-0.15, -0.1) is 0 Å². The highest BCUT2D eigenvalue weighted by Crippen LogP contribution is 2.24. The van der Waals surface area contributed by atoms with Crippen LogP contribution in [0.5, 0.6) is 0 Å². The van der Waals surface area contributed by atoms with Crippen LogP contribution in [0.3, 0.4) is 0 Å². The van der Waals surface area contributed by atoms with Gasteiger partial charge in [-0.25, -0.2) is 8.42 Å². The molecule has 0 saturated heterocycles. The van der Waals surface area contributed by atoms with E-state index in [-0.39, 0.29) is 10.6 Å². The highest BCUT2D eigenvalue weighted by atomic mass is 35.5. The van der Waals surface area contributed by atoms with E-state index in [2.05, 4.69) is 0 Å². The minimum absolute atomic E-state index is 0.173. The van der Waals surface area contributed by atoms with Gasteiger partial charge in [-0.3, -0.25) is 0 Å². The van der Waals surface area contributed by atoms with Gasteiger partial charge in [0.1, 0.15) is 0 Å². The molecule has 0 radical (unpaired) electrons. The Morgan fingerprint density at radius 3 is 2.53 bits per heavy atom. The fourth-order valence-corrected chi connectivity index (χ4v) is 3.41. The van der Waals surface area contributed by atoms with E-state index in [1.807, 2.05) is 13.8 Å². The van der Waals surface area contributed by atoms with Crippen molar-refractivity contribution in [3.63, 3.8) is 0 Å². The quantitative estimate of drug-likeness (QED) is 0.818. The van der Waals surface area contributed by atoms with E-state index in [1.54, 1.807) is 18.2 Å². The monoisotopic (exact) mass is 246 g/mol. The molecule has 1 rings (SSSR count). The molecule has 0 saturated carbocycles. The maximum absolute atomic E-state index is 11.8. The summed E-state index contributed by atoms with van der Waals surface area (Å²) in [5.74, 6) is 0.173. The number of aryl methyl sites for hydroxylation is 1. The van der Waals surface area contributed by atoms with E-state index in [4.69, 9.17) is 11.6 Å². The molecular formula is C11H15ClO2S. The van der Waals surface area contributed by atoms with Crippen molar-refractivity contribution in [3.05, 3.63) is 28.8 Å². The van der Waals surface area contributed by atoms with Crippen molar-refractivity contribution in [2.45, 2.75) is 31.6 Å². The zero-order valence-electron chi connectivity index (χ0n) is 8.96. The Morgan fingerprint density at radius 1 is 1.33 bits per heavy atom. The van der Waals surface area contributed by atoms with Crippen molar-refractivity contribution < 1.29 is 8.42 Å². The second kappa shape index (κ2) is 4.99. The van der Waals surface area contributed by atoms with Crippen LogP contribution in [0.1, 0.15) is 25.3 Å². The van der Waals surface area contributed by atoms with Gasteiger partial charge >= 0.3 is 0 Å². The molecule has 0 amide bonds. The molecule has 15 heavy (non-hydrogen) atoms. The minimum atomic E-state index is -3.20. The van der Waals surface area contributed by atoms with E-state index in [0.717, 1.165) is 12.0 Å². The summed E-state index contributed by atoms with van der Waals surface area (Å²) in [6, 6.07) is 5.04. The van der Waals surface area contributed by atoms with Crippen LogP contribution < -0.4 is 0 Å². The lowest BCUT2D eigenvalue weighted by atomic mass is 10.2. The lowest BCUT2D eigenvalue weighted by Gasteiger charge is -2.06. The molecular weight excluding hydrogens is 232 g/mol. The number of unbranched alkanes of at least 4 members (excludes halogenated alkanes) is 1. The Balaban J connectivity index is 3.05. The fraction of sp³-hybridized carbons (Fsp3) is 0.455. The third-order valence-corrected chi connectivity index (χ3v) is 4.47. The molecule has 0 aliphatic rings. The van der Waals surface area contributed by atoms with Gasteiger partial charge in [0.15, 0.2) is 9.84 Å². The molecule has 0 spiro atoms. The maximum atomic E-state index is 11.8. The van der Waals surface area contributed by atoms with E-state index in [0.29, 0.717) is 11.4 Å². The third kappa shape index (κ3) is 3.21. The molecule has 0 unspecified atom stereocenters. The van der Waals surface area contributed by atoms with Gasteiger partial charge < -0.3 is 0 Å².